The van der Waals surface area contributed by atoms with Crippen LogP contribution in [0.4, 0.5) is 0 Å². The molecule has 2 N–H and O–H groups in total. The monoisotopic (exact) mass is 383 g/mol. The molecule has 2 aliphatic rings. The van der Waals surface area contributed by atoms with Crippen molar-refractivity contribution in [1.29, 1.82) is 0 Å². The van der Waals surface area contributed by atoms with Crippen molar-refractivity contribution in [2.45, 2.75) is 24.9 Å². The van der Waals surface area contributed by atoms with Gasteiger partial charge in [0.1, 0.15) is 12.2 Å². The summed E-state index contributed by atoms with van der Waals surface area (Å²) in [6.45, 7) is 1.57. The third-order valence-electron chi connectivity index (χ3n) is 5.76. The molecule has 0 bridgehead atoms. The Hall–Kier alpha value is -2.22. The largest absolute Gasteiger partial charge is 0.387 e. The Kier molecular flexibility index (Phi) is 4.03. The number of nitrogens with one attached hydrogen (secondary N) is 1. The molecular formula is C20H21N3O3S. The Morgan fingerprint density at radius 3 is 3.00 bits per heavy atom. The molecule has 0 saturated carbocycles. The normalized spacial score (nSPS) is 18.8. The van der Waals surface area contributed by atoms with Crippen LogP contribution in [0.15, 0.2) is 30.5 Å². The van der Waals surface area contributed by atoms with Crippen molar-refractivity contribution in [2.75, 3.05) is 26.3 Å². The number of hydrogen-bond donors (Lipinski definition) is 2. The van der Waals surface area contributed by atoms with E-state index in [1.807, 2.05) is 17.5 Å². The zero-order valence-electron chi connectivity index (χ0n) is 14.9. The molecule has 0 atom stereocenters. The molecule has 0 aliphatic carbocycles. The fraction of sp³-hybridized carbons (Fsp3) is 0.400. The summed E-state index contributed by atoms with van der Waals surface area (Å²) in [5.74, 6) is -0.193. The van der Waals surface area contributed by atoms with E-state index in [4.69, 9.17) is 9.84 Å². The van der Waals surface area contributed by atoms with Crippen LogP contribution in [0, 0.1) is 0 Å². The summed E-state index contributed by atoms with van der Waals surface area (Å²) in [5.41, 5.74) is 3.32. The van der Waals surface area contributed by atoms with E-state index in [0.717, 1.165) is 36.8 Å². The molecule has 5 rings (SSSR count). The Balaban J connectivity index is 1.47. The lowest BCUT2D eigenvalue weighted by Crippen LogP contribution is -2.48. The van der Waals surface area contributed by atoms with Gasteiger partial charge in [-0.25, -0.2) is 0 Å². The summed E-state index contributed by atoms with van der Waals surface area (Å²) in [7, 11) is 0. The Morgan fingerprint density at radius 1 is 1.33 bits per heavy atom. The molecular weight excluding hydrogens is 362 g/mol. The summed E-state index contributed by atoms with van der Waals surface area (Å²) in [6, 6.07) is 8.68. The number of piperidine rings is 1. The van der Waals surface area contributed by atoms with E-state index in [0.29, 0.717) is 13.1 Å². The van der Waals surface area contributed by atoms with Crippen LogP contribution in [0.1, 0.15) is 23.3 Å². The van der Waals surface area contributed by atoms with Crippen molar-refractivity contribution in [3.05, 3.63) is 40.9 Å². The molecule has 0 unspecified atom stereocenters. The second-order valence-corrected chi connectivity index (χ2v) is 8.32. The number of carbonyl (C=O) groups is 1. The second kappa shape index (κ2) is 6.44. The third-order valence-corrected chi connectivity index (χ3v) is 7.17. The molecule has 6 nitrogen and oxygen atoms in total. The molecule has 140 valence electrons. The second-order valence-electron chi connectivity index (χ2n) is 7.27. The zero-order chi connectivity index (χ0) is 18.4. The number of carbonyl (C=O) groups excluding carboxylic acids is 1. The molecule has 1 fully saturated rings. The highest BCUT2D eigenvalue weighted by Crippen LogP contribution is 2.47. The molecule has 2 aromatic heterocycles. The number of thiophene rings is 1. The van der Waals surface area contributed by atoms with Gasteiger partial charge in [0.05, 0.1) is 18.3 Å². The van der Waals surface area contributed by atoms with Crippen LogP contribution in [-0.4, -0.2) is 52.4 Å². The predicted molar refractivity (Wildman–Crippen MR) is 104 cm³/mol. The highest BCUT2D eigenvalue weighted by molar-refractivity contribution is 7.15. The van der Waals surface area contributed by atoms with Gasteiger partial charge in [0.2, 0.25) is 5.91 Å². The van der Waals surface area contributed by atoms with Crippen LogP contribution < -0.4 is 0 Å². The first-order chi connectivity index (χ1) is 13.2. The van der Waals surface area contributed by atoms with Gasteiger partial charge in [-0.15, -0.1) is 11.3 Å². The van der Waals surface area contributed by atoms with Crippen molar-refractivity contribution in [1.82, 2.24) is 15.1 Å². The SMILES string of the molecule is O=C(CO)N1CCC2(CC1)OCCc1cc(-c3ccc4[nH]ncc4c3)sc12. The van der Waals surface area contributed by atoms with Crippen LogP contribution in [0.5, 0.6) is 0 Å². The minimum Gasteiger partial charge on any atom is -0.387 e. The van der Waals surface area contributed by atoms with Gasteiger partial charge in [0, 0.05) is 28.2 Å². The number of rotatable bonds is 2. The number of fused-ring (bicyclic) bond motifs is 3. The number of amides is 1. The van der Waals surface area contributed by atoms with Crippen LogP contribution in [0.25, 0.3) is 21.3 Å². The maximum Gasteiger partial charge on any atom is 0.248 e. The van der Waals surface area contributed by atoms with Crippen LogP contribution in [-0.2, 0) is 21.6 Å². The van der Waals surface area contributed by atoms with Crippen molar-refractivity contribution in [3.8, 4) is 10.4 Å². The van der Waals surface area contributed by atoms with Gasteiger partial charge in [0.25, 0.3) is 0 Å². The van der Waals surface area contributed by atoms with Crippen LogP contribution >= 0.6 is 11.3 Å². The summed E-state index contributed by atoms with van der Waals surface area (Å²) >= 11 is 1.81. The van der Waals surface area contributed by atoms with Gasteiger partial charge in [-0.2, -0.15) is 5.10 Å². The maximum atomic E-state index is 11.8. The zero-order valence-corrected chi connectivity index (χ0v) is 15.7. The van der Waals surface area contributed by atoms with Gasteiger partial charge in [0.15, 0.2) is 0 Å². The predicted octanol–water partition coefficient (Wildman–Crippen LogP) is 2.67. The molecule has 7 heteroatoms. The highest BCUT2D eigenvalue weighted by Gasteiger charge is 2.43. The number of nitrogens with zero attached hydrogens (tertiary/aromatic N) is 2. The van der Waals surface area contributed by atoms with Gasteiger partial charge in [-0.3, -0.25) is 9.89 Å². The van der Waals surface area contributed by atoms with Crippen LogP contribution in [0.2, 0.25) is 0 Å². The van der Waals surface area contributed by atoms with Gasteiger partial charge in [-0.05, 0) is 48.6 Å². The minimum atomic E-state index is -0.418. The maximum absolute atomic E-state index is 11.8. The first-order valence-electron chi connectivity index (χ1n) is 9.28. The number of benzene rings is 1. The molecule has 1 aromatic carbocycles. The summed E-state index contributed by atoms with van der Waals surface area (Å²) in [5, 5.41) is 17.3. The van der Waals surface area contributed by atoms with E-state index in [1.165, 1.54) is 20.9 Å². The van der Waals surface area contributed by atoms with Gasteiger partial charge >= 0.3 is 0 Å². The molecule has 27 heavy (non-hydrogen) atoms. The number of likely N-dealkylation sites (tertiary alicyclic amines) is 1. The van der Waals surface area contributed by atoms with E-state index in [2.05, 4.69) is 34.5 Å². The average molecular weight is 383 g/mol. The molecule has 1 amide bonds. The van der Waals surface area contributed by atoms with Gasteiger partial charge < -0.3 is 14.7 Å². The van der Waals surface area contributed by atoms with E-state index in [9.17, 15) is 4.79 Å². The number of aliphatic hydroxyl groups excluding tert-OH is 1. The van der Waals surface area contributed by atoms with E-state index in [-0.39, 0.29) is 11.5 Å². The van der Waals surface area contributed by atoms with Crippen molar-refractivity contribution in [3.63, 3.8) is 0 Å². The molecule has 0 radical (unpaired) electrons. The molecule has 2 aliphatic heterocycles. The quantitative estimate of drug-likeness (QED) is 0.713. The topological polar surface area (TPSA) is 78.5 Å². The Morgan fingerprint density at radius 2 is 2.19 bits per heavy atom. The Labute approximate surface area is 160 Å². The Bertz CT molecular complexity index is 1000. The number of aliphatic hydroxyl groups is 1. The van der Waals surface area contributed by atoms with Gasteiger partial charge in [-0.1, -0.05) is 6.07 Å². The lowest BCUT2D eigenvalue weighted by molar-refractivity contribution is -0.143. The van der Waals surface area contributed by atoms with E-state index >= 15 is 0 Å². The van der Waals surface area contributed by atoms with Crippen molar-refractivity contribution >= 4 is 28.1 Å². The fourth-order valence-corrected chi connectivity index (χ4v) is 5.66. The van der Waals surface area contributed by atoms with Crippen LogP contribution in [0.3, 0.4) is 0 Å². The fourth-order valence-electron chi connectivity index (χ4n) is 4.25. The smallest absolute Gasteiger partial charge is 0.248 e. The van der Waals surface area contributed by atoms with Crippen molar-refractivity contribution < 1.29 is 14.6 Å². The number of ether oxygens (including phenoxy) is 1. The summed E-state index contributed by atoms with van der Waals surface area (Å²) in [6.07, 6.45) is 4.35. The number of aromatic amines is 1. The summed E-state index contributed by atoms with van der Waals surface area (Å²) < 4.78 is 6.30. The molecule has 1 spiro atoms. The van der Waals surface area contributed by atoms with E-state index in [1.54, 1.807) is 4.90 Å². The molecule has 3 aromatic rings. The summed E-state index contributed by atoms with van der Waals surface area (Å²) in [4.78, 5) is 16.1. The lowest BCUT2D eigenvalue weighted by atomic mass is 9.85. The number of H-pyrrole nitrogens is 1. The standard InChI is InChI=1S/C20H21N3O3S/c24-12-18(25)23-6-4-20(5-7-23)19-14(3-8-26-20)10-17(27-19)13-1-2-16-15(9-13)11-21-22-16/h1-2,9-11,24H,3-8,12H2,(H,21,22). The average Bonchev–Trinajstić information content (AvgIpc) is 3.35. The highest BCUT2D eigenvalue weighted by atomic mass is 32.1. The first kappa shape index (κ1) is 16.9. The lowest BCUT2D eigenvalue weighted by Gasteiger charge is -2.43. The minimum absolute atomic E-state index is 0.193. The number of hydrogen-bond acceptors (Lipinski definition) is 5. The van der Waals surface area contributed by atoms with E-state index < -0.39 is 6.61 Å². The molecule has 1 saturated heterocycles. The molecule has 4 heterocycles. The van der Waals surface area contributed by atoms with Crippen molar-refractivity contribution in [2.24, 2.45) is 0 Å². The third kappa shape index (κ3) is 2.77. The number of aromatic nitrogens is 2. The first-order valence-corrected chi connectivity index (χ1v) is 10.1.